The standard InChI is InChI=1S/C24H19ClN2O2/c25-20-11-7-18(8-12-20)23-16-22(13-6-17-4-2-1-3-5-17)27(26-23)21-14-9-19(10-15-21)24(28)29/h1-15,22H,16H2,(H,28,29)/b13-6+/t22-/m1/s1. The van der Waals surface area contributed by atoms with Crippen LogP contribution >= 0.6 is 11.6 Å². The number of carboxylic acids is 1. The summed E-state index contributed by atoms with van der Waals surface area (Å²) in [5, 5.41) is 16.6. The molecule has 0 saturated carbocycles. The van der Waals surface area contributed by atoms with Gasteiger partial charge in [-0.25, -0.2) is 4.79 Å². The number of benzene rings is 3. The van der Waals surface area contributed by atoms with Crippen molar-refractivity contribution in [3.8, 4) is 0 Å². The normalized spacial score (nSPS) is 16.2. The fourth-order valence-corrected chi connectivity index (χ4v) is 3.42. The number of hydrogen-bond acceptors (Lipinski definition) is 3. The summed E-state index contributed by atoms with van der Waals surface area (Å²) in [4.78, 5) is 11.2. The quantitative estimate of drug-likeness (QED) is 0.592. The average molecular weight is 403 g/mol. The summed E-state index contributed by atoms with van der Waals surface area (Å²) in [6, 6.07) is 24.6. The second-order valence-electron chi connectivity index (χ2n) is 6.79. The van der Waals surface area contributed by atoms with Crippen LogP contribution in [0.2, 0.25) is 5.02 Å². The minimum Gasteiger partial charge on any atom is -0.478 e. The molecule has 0 radical (unpaired) electrons. The lowest BCUT2D eigenvalue weighted by Gasteiger charge is -2.21. The van der Waals surface area contributed by atoms with Gasteiger partial charge in [-0.1, -0.05) is 66.2 Å². The van der Waals surface area contributed by atoms with E-state index in [1.807, 2.05) is 47.5 Å². The van der Waals surface area contributed by atoms with E-state index < -0.39 is 5.97 Å². The number of hydrogen-bond donors (Lipinski definition) is 1. The molecule has 1 N–H and O–H groups in total. The van der Waals surface area contributed by atoms with Crippen LogP contribution in [0.3, 0.4) is 0 Å². The zero-order valence-corrected chi connectivity index (χ0v) is 16.3. The van der Waals surface area contributed by atoms with Gasteiger partial charge in [0.05, 0.1) is 23.0 Å². The third-order valence-corrected chi connectivity index (χ3v) is 5.06. The predicted molar refractivity (Wildman–Crippen MR) is 118 cm³/mol. The third kappa shape index (κ3) is 4.39. The van der Waals surface area contributed by atoms with Crippen LogP contribution in [-0.2, 0) is 0 Å². The molecular weight excluding hydrogens is 384 g/mol. The Morgan fingerprint density at radius 2 is 1.69 bits per heavy atom. The van der Waals surface area contributed by atoms with Gasteiger partial charge in [0.25, 0.3) is 0 Å². The molecule has 5 heteroatoms. The average Bonchev–Trinajstić information content (AvgIpc) is 3.18. The molecule has 144 valence electrons. The first-order valence-electron chi connectivity index (χ1n) is 9.29. The summed E-state index contributed by atoms with van der Waals surface area (Å²) in [7, 11) is 0. The zero-order valence-electron chi connectivity index (χ0n) is 15.6. The van der Waals surface area contributed by atoms with Crippen LogP contribution in [0.1, 0.15) is 27.9 Å². The molecule has 1 heterocycles. The predicted octanol–water partition coefficient (Wildman–Crippen LogP) is 5.73. The fourth-order valence-electron chi connectivity index (χ4n) is 3.29. The molecule has 3 aromatic rings. The van der Waals surface area contributed by atoms with E-state index in [0.717, 1.165) is 28.9 Å². The Morgan fingerprint density at radius 3 is 2.34 bits per heavy atom. The number of carbonyl (C=O) groups is 1. The second kappa shape index (κ2) is 8.33. The van der Waals surface area contributed by atoms with Gasteiger partial charge in [0.1, 0.15) is 0 Å². The molecule has 1 aliphatic rings. The van der Waals surface area contributed by atoms with E-state index in [9.17, 15) is 4.79 Å². The Hall–Kier alpha value is -3.37. The molecule has 4 nitrogen and oxygen atoms in total. The van der Waals surface area contributed by atoms with Gasteiger partial charge in [-0.2, -0.15) is 5.10 Å². The maximum atomic E-state index is 11.2. The third-order valence-electron chi connectivity index (χ3n) is 4.81. The Balaban J connectivity index is 1.66. The van der Waals surface area contributed by atoms with Crippen LogP contribution < -0.4 is 5.01 Å². The van der Waals surface area contributed by atoms with Gasteiger partial charge in [-0.05, 0) is 47.5 Å². The number of anilines is 1. The van der Waals surface area contributed by atoms with Gasteiger partial charge >= 0.3 is 5.97 Å². The summed E-state index contributed by atoms with van der Waals surface area (Å²) in [5.41, 5.74) is 4.21. The minimum atomic E-state index is -0.941. The molecule has 4 rings (SSSR count). The zero-order chi connectivity index (χ0) is 20.2. The van der Waals surface area contributed by atoms with E-state index in [0.29, 0.717) is 5.02 Å². The lowest BCUT2D eigenvalue weighted by Crippen LogP contribution is -2.24. The molecule has 0 bridgehead atoms. The molecule has 1 aliphatic heterocycles. The monoisotopic (exact) mass is 402 g/mol. The highest BCUT2D eigenvalue weighted by Gasteiger charge is 2.26. The highest BCUT2D eigenvalue weighted by Crippen LogP contribution is 2.29. The highest BCUT2D eigenvalue weighted by atomic mass is 35.5. The molecule has 0 aliphatic carbocycles. The Morgan fingerprint density at radius 1 is 1.00 bits per heavy atom. The van der Waals surface area contributed by atoms with Crippen molar-refractivity contribution < 1.29 is 9.90 Å². The van der Waals surface area contributed by atoms with E-state index in [4.69, 9.17) is 21.8 Å². The van der Waals surface area contributed by atoms with E-state index in [2.05, 4.69) is 24.3 Å². The second-order valence-corrected chi connectivity index (χ2v) is 7.23. The van der Waals surface area contributed by atoms with E-state index >= 15 is 0 Å². The molecule has 0 unspecified atom stereocenters. The molecule has 0 amide bonds. The molecule has 3 aromatic carbocycles. The van der Waals surface area contributed by atoms with Gasteiger partial charge in [-0.3, -0.25) is 5.01 Å². The van der Waals surface area contributed by atoms with Crippen molar-refractivity contribution in [2.24, 2.45) is 5.10 Å². The Labute approximate surface area is 174 Å². The van der Waals surface area contributed by atoms with Crippen molar-refractivity contribution in [1.82, 2.24) is 0 Å². The van der Waals surface area contributed by atoms with Crippen LogP contribution in [0.4, 0.5) is 5.69 Å². The molecule has 1 atom stereocenters. The largest absolute Gasteiger partial charge is 0.478 e. The van der Waals surface area contributed by atoms with Crippen LogP contribution in [0.25, 0.3) is 6.08 Å². The van der Waals surface area contributed by atoms with Crippen LogP contribution in [-0.4, -0.2) is 22.8 Å². The van der Waals surface area contributed by atoms with Gasteiger partial charge < -0.3 is 5.11 Å². The van der Waals surface area contributed by atoms with Crippen molar-refractivity contribution in [1.29, 1.82) is 0 Å². The van der Waals surface area contributed by atoms with Crippen LogP contribution in [0.15, 0.2) is 90.0 Å². The highest BCUT2D eigenvalue weighted by molar-refractivity contribution is 6.30. The molecule has 0 spiro atoms. The van der Waals surface area contributed by atoms with Crippen LogP contribution in [0.5, 0.6) is 0 Å². The Bertz CT molecular complexity index is 1060. The summed E-state index contributed by atoms with van der Waals surface area (Å²) < 4.78 is 0. The fraction of sp³-hybridized carbons (Fsp3) is 0.0833. The summed E-state index contributed by atoms with van der Waals surface area (Å²) in [5.74, 6) is -0.941. The SMILES string of the molecule is O=C(O)c1ccc(N2N=C(c3ccc(Cl)cc3)C[C@H]2/C=C/c2ccccc2)cc1. The van der Waals surface area contributed by atoms with Gasteiger partial charge in [-0.15, -0.1) is 0 Å². The molecular formula is C24H19ClN2O2. The van der Waals surface area contributed by atoms with Crippen molar-refractivity contribution >= 4 is 35.0 Å². The number of halogens is 1. The lowest BCUT2D eigenvalue weighted by molar-refractivity contribution is 0.0697. The molecule has 0 fully saturated rings. The number of nitrogens with zero attached hydrogens (tertiary/aromatic N) is 2. The Kier molecular flexibility index (Phi) is 5.45. The number of rotatable bonds is 5. The van der Waals surface area contributed by atoms with Crippen LogP contribution in [0, 0.1) is 0 Å². The summed E-state index contributed by atoms with van der Waals surface area (Å²) in [6.45, 7) is 0. The number of aromatic carboxylic acids is 1. The first kappa shape index (κ1) is 19.0. The van der Waals surface area contributed by atoms with E-state index in [-0.39, 0.29) is 11.6 Å². The van der Waals surface area contributed by atoms with Gasteiger partial charge in [0.15, 0.2) is 0 Å². The maximum absolute atomic E-state index is 11.2. The summed E-state index contributed by atoms with van der Waals surface area (Å²) in [6.07, 6.45) is 4.96. The lowest BCUT2D eigenvalue weighted by atomic mass is 10.0. The molecule has 29 heavy (non-hydrogen) atoms. The van der Waals surface area contributed by atoms with Gasteiger partial charge in [0, 0.05) is 11.4 Å². The molecule has 0 saturated heterocycles. The van der Waals surface area contributed by atoms with Crippen molar-refractivity contribution in [2.45, 2.75) is 12.5 Å². The van der Waals surface area contributed by atoms with Crippen molar-refractivity contribution in [3.05, 3.63) is 107 Å². The first-order valence-corrected chi connectivity index (χ1v) is 9.67. The first-order chi connectivity index (χ1) is 14.1. The molecule has 0 aromatic heterocycles. The minimum absolute atomic E-state index is 0.0246. The number of hydrazone groups is 1. The van der Waals surface area contributed by atoms with Crippen molar-refractivity contribution in [3.63, 3.8) is 0 Å². The van der Waals surface area contributed by atoms with E-state index in [1.165, 1.54) is 0 Å². The van der Waals surface area contributed by atoms with E-state index in [1.54, 1.807) is 24.3 Å². The smallest absolute Gasteiger partial charge is 0.335 e. The summed E-state index contributed by atoms with van der Waals surface area (Å²) >= 11 is 6.02. The number of carboxylic acid groups (broad SMARTS) is 1. The maximum Gasteiger partial charge on any atom is 0.335 e. The topological polar surface area (TPSA) is 52.9 Å². The van der Waals surface area contributed by atoms with Gasteiger partial charge in [0.2, 0.25) is 0 Å². The van der Waals surface area contributed by atoms with Crippen molar-refractivity contribution in [2.75, 3.05) is 5.01 Å².